The highest BCUT2D eigenvalue weighted by atomic mass is 16.5. The van der Waals surface area contributed by atoms with Crippen molar-refractivity contribution in [1.82, 2.24) is 0 Å². The molecule has 4 nitrogen and oxygen atoms in total. The van der Waals surface area contributed by atoms with Crippen LogP contribution < -0.4 is 11.1 Å². The van der Waals surface area contributed by atoms with Gasteiger partial charge in [0.15, 0.2) is 0 Å². The molecule has 3 atom stereocenters. The molecule has 1 saturated heterocycles. The molecule has 92 valence electrons. The van der Waals surface area contributed by atoms with E-state index < -0.39 is 6.10 Å². The highest BCUT2D eigenvalue weighted by Crippen LogP contribution is 2.39. The van der Waals surface area contributed by atoms with Crippen LogP contribution in [0.1, 0.15) is 23.7 Å². The van der Waals surface area contributed by atoms with Crippen LogP contribution in [0.3, 0.4) is 0 Å². The number of rotatable bonds is 2. The van der Waals surface area contributed by atoms with E-state index in [0.29, 0.717) is 13.2 Å². The van der Waals surface area contributed by atoms with Crippen LogP contribution in [0.5, 0.6) is 0 Å². The summed E-state index contributed by atoms with van der Waals surface area (Å²) in [5, 5.41) is 13.2. The van der Waals surface area contributed by atoms with Crippen molar-refractivity contribution in [3.8, 4) is 0 Å². The van der Waals surface area contributed by atoms with Crippen molar-refractivity contribution in [1.29, 1.82) is 0 Å². The number of nitrogens with one attached hydrogen (secondary N) is 1. The fraction of sp³-hybridized carbons (Fsp3) is 0.538. The molecule has 4 N–H and O–H groups in total. The maximum atomic E-state index is 9.78. The number of hydrogen-bond donors (Lipinski definition) is 3. The first-order valence-corrected chi connectivity index (χ1v) is 6.17. The molecule has 2 aliphatic rings. The molecule has 0 radical (unpaired) electrons. The minimum absolute atomic E-state index is 0.123. The second kappa shape index (κ2) is 4.29. The van der Waals surface area contributed by atoms with Crippen molar-refractivity contribution >= 4 is 5.69 Å². The van der Waals surface area contributed by atoms with Crippen molar-refractivity contribution in [3.05, 3.63) is 29.3 Å². The monoisotopic (exact) mass is 234 g/mol. The van der Waals surface area contributed by atoms with E-state index in [1.807, 2.05) is 0 Å². The van der Waals surface area contributed by atoms with Crippen molar-refractivity contribution in [2.45, 2.75) is 31.1 Å². The Morgan fingerprint density at radius 3 is 3.18 bits per heavy atom. The van der Waals surface area contributed by atoms with Gasteiger partial charge in [0, 0.05) is 17.7 Å². The molecule has 0 spiro atoms. The number of ether oxygens (including phenoxy) is 1. The molecule has 1 aromatic carbocycles. The largest absolute Gasteiger partial charge is 0.389 e. The third-order valence-electron chi connectivity index (χ3n) is 3.64. The zero-order valence-corrected chi connectivity index (χ0v) is 9.73. The predicted molar refractivity (Wildman–Crippen MR) is 65.9 cm³/mol. The van der Waals surface area contributed by atoms with Gasteiger partial charge >= 0.3 is 0 Å². The molecule has 2 heterocycles. The maximum absolute atomic E-state index is 9.78. The van der Waals surface area contributed by atoms with Crippen LogP contribution >= 0.6 is 0 Å². The van der Waals surface area contributed by atoms with Crippen LogP contribution in [0.15, 0.2) is 18.2 Å². The zero-order chi connectivity index (χ0) is 11.8. The Balaban J connectivity index is 1.93. The summed E-state index contributed by atoms with van der Waals surface area (Å²) in [7, 11) is 0. The van der Waals surface area contributed by atoms with Gasteiger partial charge in [-0.25, -0.2) is 0 Å². The first-order chi connectivity index (χ1) is 8.28. The second-order valence-corrected chi connectivity index (χ2v) is 4.84. The Morgan fingerprint density at radius 2 is 2.35 bits per heavy atom. The molecule has 0 amide bonds. The average Bonchev–Trinajstić information content (AvgIpc) is 2.35. The molecule has 3 rings (SSSR count). The van der Waals surface area contributed by atoms with Crippen molar-refractivity contribution in [2.24, 2.45) is 5.73 Å². The SMILES string of the molecule is NCCc1ccc2c(c1)[C@@H]1C[C@H](N2)[C@H](O)CO1. The van der Waals surface area contributed by atoms with Crippen LogP contribution in [-0.2, 0) is 11.2 Å². The van der Waals surface area contributed by atoms with Crippen LogP contribution in [0.25, 0.3) is 0 Å². The Morgan fingerprint density at radius 1 is 1.47 bits per heavy atom. The number of anilines is 1. The van der Waals surface area contributed by atoms with E-state index in [1.54, 1.807) is 0 Å². The lowest BCUT2D eigenvalue weighted by Gasteiger charge is -2.40. The van der Waals surface area contributed by atoms with Crippen LogP contribution in [0.4, 0.5) is 5.69 Å². The average molecular weight is 234 g/mol. The Hall–Kier alpha value is -1.10. The number of aliphatic hydroxyl groups is 1. The first-order valence-electron chi connectivity index (χ1n) is 6.17. The lowest BCUT2D eigenvalue weighted by atomic mass is 9.89. The van der Waals surface area contributed by atoms with Crippen molar-refractivity contribution in [2.75, 3.05) is 18.5 Å². The summed E-state index contributed by atoms with van der Waals surface area (Å²) >= 11 is 0. The van der Waals surface area contributed by atoms with Gasteiger partial charge < -0.3 is 20.9 Å². The minimum Gasteiger partial charge on any atom is -0.389 e. The van der Waals surface area contributed by atoms with E-state index in [0.717, 1.165) is 18.5 Å². The zero-order valence-electron chi connectivity index (χ0n) is 9.73. The van der Waals surface area contributed by atoms with Gasteiger partial charge in [0.2, 0.25) is 0 Å². The first kappa shape index (κ1) is 11.0. The lowest BCUT2D eigenvalue weighted by Crippen LogP contribution is -2.45. The standard InChI is InChI=1S/C13H18N2O2/c14-4-3-8-1-2-10-9(5-8)13-6-11(15-10)12(16)7-17-13/h1-2,5,11-13,15-16H,3-4,6-7,14H2/t11-,12+,13-/m0/s1. The third kappa shape index (κ3) is 1.92. The topological polar surface area (TPSA) is 67.5 Å². The molecule has 4 heteroatoms. The summed E-state index contributed by atoms with van der Waals surface area (Å²) in [4.78, 5) is 0. The van der Waals surface area contributed by atoms with Gasteiger partial charge in [-0.05, 0) is 24.6 Å². The van der Waals surface area contributed by atoms with Crippen LogP contribution in [-0.4, -0.2) is 30.4 Å². The van der Waals surface area contributed by atoms with E-state index in [9.17, 15) is 5.11 Å². The minimum atomic E-state index is -0.400. The smallest absolute Gasteiger partial charge is 0.0975 e. The summed E-state index contributed by atoms with van der Waals surface area (Å²) < 4.78 is 5.70. The number of fused-ring (bicyclic) bond motifs is 4. The molecule has 0 aromatic heterocycles. The third-order valence-corrected chi connectivity index (χ3v) is 3.64. The predicted octanol–water partition coefficient (Wildman–Crippen LogP) is 0.804. The number of nitrogens with two attached hydrogens (primary N) is 1. The Bertz CT molecular complexity index is 422. The van der Waals surface area contributed by atoms with Gasteiger partial charge in [0.25, 0.3) is 0 Å². The highest BCUT2D eigenvalue weighted by Gasteiger charge is 2.36. The second-order valence-electron chi connectivity index (χ2n) is 4.84. The molecule has 2 bridgehead atoms. The molecule has 2 aliphatic heterocycles. The summed E-state index contributed by atoms with van der Waals surface area (Å²) in [6, 6.07) is 6.46. The van der Waals surface area contributed by atoms with E-state index in [2.05, 4.69) is 23.5 Å². The molecule has 0 unspecified atom stereocenters. The molecule has 1 aromatic rings. The Kier molecular flexibility index (Phi) is 2.78. The molecular formula is C13H18N2O2. The summed E-state index contributed by atoms with van der Waals surface area (Å²) in [6.45, 7) is 1.09. The van der Waals surface area contributed by atoms with Crippen molar-refractivity contribution in [3.63, 3.8) is 0 Å². The highest BCUT2D eigenvalue weighted by molar-refractivity contribution is 5.57. The van der Waals surface area contributed by atoms with Gasteiger partial charge in [-0.1, -0.05) is 12.1 Å². The fourth-order valence-corrected chi connectivity index (χ4v) is 2.69. The van der Waals surface area contributed by atoms with Gasteiger partial charge in [-0.15, -0.1) is 0 Å². The van der Waals surface area contributed by atoms with Gasteiger partial charge in [-0.2, -0.15) is 0 Å². The molecule has 17 heavy (non-hydrogen) atoms. The number of hydrogen-bond acceptors (Lipinski definition) is 4. The fourth-order valence-electron chi connectivity index (χ4n) is 2.69. The van der Waals surface area contributed by atoms with Gasteiger partial charge in [0.1, 0.15) is 0 Å². The molecule has 0 aliphatic carbocycles. The molecule has 0 saturated carbocycles. The Labute approximate surface area is 101 Å². The summed E-state index contributed by atoms with van der Waals surface area (Å²) in [5.41, 5.74) is 9.12. The quantitative estimate of drug-likeness (QED) is 0.708. The number of aliphatic hydroxyl groups excluding tert-OH is 1. The normalized spacial score (nSPS) is 30.6. The number of benzene rings is 1. The van der Waals surface area contributed by atoms with E-state index >= 15 is 0 Å². The van der Waals surface area contributed by atoms with E-state index in [4.69, 9.17) is 10.5 Å². The summed E-state index contributed by atoms with van der Waals surface area (Å²) in [5.74, 6) is 0. The van der Waals surface area contributed by atoms with E-state index in [-0.39, 0.29) is 12.1 Å². The maximum Gasteiger partial charge on any atom is 0.0975 e. The van der Waals surface area contributed by atoms with Crippen LogP contribution in [0, 0.1) is 0 Å². The molecular weight excluding hydrogens is 216 g/mol. The lowest BCUT2D eigenvalue weighted by molar-refractivity contribution is -0.0672. The van der Waals surface area contributed by atoms with E-state index in [1.165, 1.54) is 11.1 Å². The van der Waals surface area contributed by atoms with Crippen molar-refractivity contribution < 1.29 is 9.84 Å². The molecule has 1 fully saturated rings. The van der Waals surface area contributed by atoms with Gasteiger partial charge in [0.05, 0.1) is 24.9 Å². The summed E-state index contributed by atoms with van der Waals surface area (Å²) in [6.07, 6.45) is 1.47. The van der Waals surface area contributed by atoms with Crippen LogP contribution in [0.2, 0.25) is 0 Å². The van der Waals surface area contributed by atoms with Gasteiger partial charge in [-0.3, -0.25) is 0 Å².